The van der Waals surface area contributed by atoms with Crippen LogP contribution >= 0.6 is 0 Å². The molecule has 1 aliphatic carbocycles. The summed E-state index contributed by atoms with van der Waals surface area (Å²) in [6.45, 7) is 5.75. The van der Waals surface area contributed by atoms with Crippen molar-refractivity contribution in [3.05, 3.63) is 59.2 Å². The number of fused-ring (bicyclic) bond motifs is 1. The Bertz CT molecular complexity index is 1100. The Balaban J connectivity index is 0.000000431. The summed E-state index contributed by atoms with van der Waals surface area (Å²) < 4.78 is 47.3. The van der Waals surface area contributed by atoms with Gasteiger partial charge in [0.15, 0.2) is 0 Å². The Labute approximate surface area is 170 Å². The van der Waals surface area contributed by atoms with E-state index in [4.69, 9.17) is 9.29 Å². The number of hydrogen-bond donors (Lipinski definition) is 1. The van der Waals surface area contributed by atoms with Crippen molar-refractivity contribution in [2.45, 2.75) is 39.8 Å². The number of hydrogen-bond acceptors (Lipinski definition) is 4. The van der Waals surface area contributed by atoms with Gasteiger partial charge < -0.3 is 9.30 Å². The maximum absolute atomic E-state index is 13.0. The second-order valence-electron chi connectivity index (χ2n) is 7.42. The first-order chi connectivity index (χ1) is 13.6. The van der Waals surface area contributed by atoms with Gasteiger partial charge in [-0.1, -0.05) is 12.1 Å². The second-order valence-corrected chi connectivity index (χ2v) is 8.89. The van der Waals surface area contributed by atoms with Gasteiger partial charge in [-0.15, -0.1) is 0 Å². The van der Waals surface area contributed by atoms with E-state index in [0.717, 1.165) is 23.5 Å². The molecule has 8 heteroatoms. The van der Waals surface area contributed by atoms with Crippen LogP contribution in [0.15, 0.2) is 36.5 Å². The lowest BCUT2D eigenvalue weighted by Gasteiger charge is -2.11. The number of rotatable bonds is 5. The molecular formula is C21H25FN2O4S. The molecule has 0 bridgehead atoms. The van der Waals surface area contributed by atoms with E-state index in [1.54, 1.807) is 18.3 Å². The molecule has 1 aromatic carbocycles. The predicted octanol–water partition coefficient (Wildman–Crippen LogP) is 4.29. The number of nitrogens with zero attached hydrogens (tertiary/aromatic N) is 2. The third-order valence-electron chi connectivity index (χ3n) is 4.94. The van der Waals surface area contributed by atoms with Crippen LogP contribution in [0.3, 0.4) is 0 Å². The molecule has 2 heterocycles. The third-order valence-corrected chi connectivity index (χ3v) is 4.94. The summed E-state index contributed by atoms with van der Waals surface area (Å²) in [5, 5.41) is 1.21. The molecular weight excluding hydrogens is 395 g/mol. The monoisotopic (exact) mass is 420 g/mol. The van der Waals surface area contributed by atoms with E-state index < -0.39 is 10.1 Å². The van der Waals surface area contributed by atoms with Gasteiger partial charge in [-0.2, -0.15) is 8.42 Å². The van der Waals surface area contributed by atoms with Crippen molar-refractivity contribution in [3.63, 3.8) is 0 Å². The van der Waals surface area contributed by atoms with E-state index in [1.165, 1.54) is 41.6 Å². The molecule has 0 radical (unpaired) electrons. The number of benzene rings is 1. The number of aromatic nitrogens is 2. The fourth-order valence-electron chi connectivity index (χ4n) is 3.19. The Morgan fingerprint density at radius 1 is 1.21 bits per heavy atom. The van der Waals surface area contributed by atoms with Crippen molar-refractivity contribution >= 4 is 21.0 Å². The Kier molecular flexibility index (Phi) is 6.24. The van der Waals surface area contributed by atoms with Crippen molar-refractivity contribution in [2.24, 2.45) is 5.92 Å². The van der Waals surface area contributed by atoms with E-state index in [-0.39, 0.29) is 5.82 Å². The van der Waals surface area contributed by atoms with E-state index in [2.05, 4.69) is 29.5 Å². The molecule has 0 amide bonds. The summed E-state index contributed by atoms with van der Waals surface area (Å²) in [7, 11) is -3.67. The van der Waals surface area contributed by atoms with Crippen LogP contribution in [0, 0.1) is 25.6 Å². The quantitative estimate of drug-likeness (QED) is 0.623. The molecule has 156 valence electrons. The molecule has 1 saturated carbocycles. The molecule has 3 aromatic rings. The van der Waals surface area contributed by atoms with E-state index in [0.29, 0.717) is 18.7 Å². The van der Waals surface area contributed by atoms with Crippen molar-refractivity contribution < 1.29 is 22.1 Å². The predicted molar refractivity (Wildman–Crippen MR) is 110 cm³/mol. The van der Waals surface area contributed by atoms with E-state index in [9.17, 15) is 12.8 Å². The lowest BCUT2D eigenvalue weighted by molar-refractivity contribution is 0.296. The van der Waals surface area contributed by atoms with E-state index in [1.807, 2.05) is 0 Å². The molecule has 1 aliphatic rings. The normalized spacial score (nSPS) is 13.8. The number of ether oxygens (including phenoxy) is 1. The highest BCUT2D eigenvalue weighted by atomic mass is 32.2. The van der Waals surface area contributed by atoms with E-state index >= 15 is 0 Å². The Morgan fingerprint density at radius 3 is 2.41 bits per heavy atom. The summed E-state index contributed by atoms with van der Waals surface area (Å²) in [5.74, 6) is 1.21. The fraction of sp³-hybridized carbons (Fsp3) is 0.381. The zero-order valence-electron chi connectivity index (χ0n) is 16.7. The number of pyridine rings is 1. The van der Waals surface area contributed by atoms with Gasteiger partial charge in [0.25, 0.3) is 10.1 Å². The summed E-state index contributed by atoms with van der Waals surface area (Å²) >= 11 is 0. The molecule has 1 N–H and O–H groups in total. The van der Waals surface area contributed by atoms with Crippen molar-refractivity contribution in [2.75, 3.05) is 6.26 Å². The van der Waals surface area contributed by atoms with Crippen LogP contribution in [0.4, 0.5) is 4.39 Å². The molecule has 4 rings (SSSR count). The van der Waals surface area contributed by atoms with Gasteiger partial charge in [-0.25, -0.2) is 9.37 Å². The summed E-state index contributed by atoms with van der Waals surface area (Å²) in [4.78, 5) is 4.47. The lowest BCUT2D eigenvalue weighted by atomic mass is 10.2. The van der Waals surface area contributed by atoms with Crippen LogP contribution in [0.5, 0.6) is 5.88 Å². The molecule has 6 nitrogen and oxygen atoms in total. The first-order valence-electron chi connectivity index (χ1n) is 9.37. The average molecular weight is 421 g/mol. The zero-order valence-corrected chi connectivity index (χ0v) is 17.5. The first-order valence-corrected chi connectivity index (χ1v) is 11.2. The minimum Gasteiger partial charge on any atom is -0.471 e. The maximum atomic E-state index is 13.0. The van der Waals surface area contributed by atoms with Gasteiger partial charge in [-0.3, -0.25) is 4.55 Å². The summed E-state index contributed by atoms with van der Waals surface area (Å²) in [6, 6.07) is 8.46. The highest BCUT2D eigenvalue weighted by Crippen LogP contribution is 2.36. The first kappa shape index (κ1) is 21.3. The number of halogens is 1. The SMILES string of the molecule is CS(=O)(=O)O.Cc1c(C)n(CC2CC2)c2c(OCc3ccc(F)cc3)nccc12. The van der Waals surface area contributed by atoms with Crippen LogP contribution in [-0.4, -0.2) is 28.8 Å². The highest BCUT2D eigenvalue weighted by molar-refractivity contribution is 7.85. The van der Waals surface area contributed by atoms with Crippen LogP contribution < -0.4 is 4.74 Å². The standard InChI is InChI=1S/C20H21FN2O.CH4O3S/c1-13-14(2)23(11-15-3-4-15)19-18(13)9-10-22-20(19)24-12-16-5-7-17(21)8-6-16;1-5(2,3)4/h5-10,15H,3-4,11-12H2,1-2H3;1H3,(H,2,3,4). The summed E-state index contributed by atoms with van der Waals surface area (Å²) in [6.07, 6.45) is 5.14. The van der Waals surface area contributed by atoms with Gasteiger partial charge in [0, 0.05) is 23.8 Å². The molecule has 2 aromatic heterocycles. The summed E-state index contributed by atoms with van der Waals surface area (Å²) in [5.41, 5.74) is 4.60. The molecule has 0 spiro atoms. The molecule has 0 saturated heterocycles. The topological polar surface area (TPSA) is 81.4 Å². The largest absolute Gasteiger partial charge is 0.471 e. The molecule has 0 unspecified atom stereocenters. The molecule has 0 atom stereocenters. The van der Waals surface area contributed by atoms with Gasteiger partial charge in [0.05, 0.1) is 6.26 Å². The van der Waals surface area contributed by atoms with Gasteiger partial charge in [0.1, 0.15) is 17.9 Å². The highest BCUT2D eigenvalue weighted by Gasteiger charge is 2.25. The van der Waals surface area contributed by atoms with Crippen LogP contribution in [0.25, 0.3) is 10.9 Å². The van der Waals surface area contributed by atoms with Gasteiger partial charge in [-0.05, 0) is 61.9 Å². The minimum absolute atomic E-state index is 0.233. The number of aryl methyl sites for hydroxylation is 1. The minimum atomic E-state index is -3.67. The zero-order chi connectivity index (χ0) is 21.2. The maximum Gasteiger partial charge on any atom is 0.261 e. The smallest absolute Gasteiger partial charge is 0.261 e. The van der Waals surface area contributed by atoms with Crippen molar-refractivity contribution in [3.8, 4) is 5.88 Å². The second kappa shape index (κ2) is 8.51. The third kappa shape index (κ3) is 5.77. The van der Waals surface area contributed by atoms with Gasteiger partial charge >= 0.3 is 0 Å². The average Bonchev–Trinajstić information content (AvgIpc) is 3.43. The molecule has 29 heavy (non-hydrogen) atoms. The Morgan fingerprint density at radius 2 is 1.83 bits per heavy atom. The fourth-order valence-corrected chi connectivity index (χ4v) is 3.19. The van der Waals surface area contributed by atoms with Crippen LogP contribution in [-0.2, 0) is 23.3 Å². The van der Waals surface area contributed by atoms with Gasteiger partial charge in [0.2, 0.25) is 5.88 Å². The lowest BCUT2D eigenvalue weighted by Crippen LogP contribution is -2.05. The molecule has 1 fully saturated rings. The van der Waals surface area contributed by atoms with Crippen molar-refractivity contribution in [1.82, 2.24) is 9.55 Å². The molecule has 0 aliphatic heterocycles. The van der Waals surface area contributed by atoms with Crippen molar-refractivity contribution in [1.29, 1.82) is 0 Å². The Hall–Kier alpha value is -2.45. The van der Waals surface area contributed by atoms with Crippen LogP contribution in [0.2, 0.25) is 0 Å². The van der Waals surface area contributed by atoms with Crippen LogP contribution in [0.1, 0.15) is 29.7 Å².